The van der Waals surface area contributed by atoms with E-state index in [0.717, 1.165) is 36.8 Å². The van der Waals surface area contributed by atoms with E-state index in [-0.39, 0.29) is 23.0 Å². The fourth-order valence-corrected chi connectivity index (χ4v) is 6.58. The molecule has 2 aromatic carbocycles. The number of aryl methyl sites for hydroxylation is 2. The van der Waals surface area contributed by atoms with Crippen LogP contribution in [0.15, 0.2) is 36.4 Å². The van der Waals surface area contributed by atoms with Crippen LogP contribution in [0.1, 0.15) is 205 Å². The highest BCUT2D eigenvalue weighted by atomic mass is 16.3. The molecule has 0 aliphatic heterocycles. The lowest BCUT2D eigenvalue weighted by atomic mass is 10.0. The zero-order chi connectivity index (χ0) is 34.9. The molecule has 2 aromatic rings. The third-order valence-corrected chi connectivity index (χ3v) is 9.80. The summed E-state index contributed by atoms with van der Waals surface area (Å²) in [6, 6.07) is 10.5. The van der Waals surface area contributed by atoms with Gasteiger partial charge in [-0.2, -0.15) is 0 Å². The second kappa shape index (κ2) is 31.9. The number of phenols is 4. The van der Waals surface area contributed by atoms with Gasteiger partial charge in [-0.1, -0.05) is 205 Å². The van der Waals surface area contributed by atoms with E-state index in [2.05, 4.69) is 13.8 Å². The van der Waals surface area contributed by atoms with Gasteiger partial charge in [-0.05, 0) is 48.9 Å². The summed E-state index contributed by atoms with van der Waals surface area (Å²) in [5.74, 6) is 0.120. The van der Waals surface area contributed by atoms with Gasteiger partial charge in [0.1, 0.15) is 0 Å². The lowest BCUT2D eigenvalue weighted by Crippen LogP contribution is -1.88. The first-order valence-electron chi connectivity index (χ1n) is 20.5. The molecule has 0 saturated carbocycles. The molecule has 0 aliphatic rings. The first-order valence-corrected chi connectivity index (χ1v) is 20.5. The molecule has 48 heavy (non-hydrogen) atoms. The standard InChI is InChI=1S/C23H40O2.C21H36O2/c1-2-3-4-5-6-7-8-9-10-11-12-13-14-15-16-18-21-19-17-20-22(24)23(21)25;1-2-3-4-5-6-7-8-9-10-11-12-13-14-16-19-17-15-18-20(22)21(19)23/h17,19-20,24-25H,2-16,18H2,1H3;15,17-18,22-23H,2-14,16H2,1H3. The highest BCUT2D eigenvalue weighted by Crippen LogP contribution is 2.30. The van der Waals surface area contributed by atoms with Crippen molar-refractivity contribution in [1.29, 1.82) is 0 Å². The topological polar surface area (TPSA) is 80.9 Å². The van der Waals surface area contributed by atoms with Gasteiger partial charge in [-0.15, -0.1) is 0 Å². The SMILES string of the molecule is CCCCCCCCCCCCCCCCCc1cccc(O)c1O.CCCCCCCCCCCCCCCc1cccc(O)c1O. The van der Waals surface area contributed by atoms with Crippen molar-refractivity contribution in [2.24, 2.45) is 0 Å². The molecule has 2 rings (SSSR count). The maximum Gasteiger partial charge on any atom is 0.160 e. The minimum absolute atomic E-state index is 0.00143. The number of hydrogen-bond acceptors (Lipinski definition) is 4. The quantitative estimate of drug-likeness (QED) is 0.0493. The van der Waals surface area contributed by atoms with Crippen LogP contribution in [0.5, 0.6) is 23.0 Å². The Balaban J connectivity index is 0.000000482. The van der Waals surface area contributed by atoms with Crippen LogP contribution < -0.4 is 0 Å². The fraction of sp³-hybridized carbons (Fsp3) is 0.727. The predicted octanol–water partition coefficient (Wildman–Crippen LogP) is 14.2. The van der Waals surface area contributed by atoms with Crippen LogP contribution in [-0.2, 0) is 12.8 Å². The Bertz CT molecular complexity index is 988. The molecule has 4 N–H and O–H groups in total. The summed E-state index contributed by atoms with van der Waals surface area (Å²) in [6.45, 7) is 4.55. The smallest absolute Gasteiger partial charge is 0.160 e. The molecule has 0 fully saturated rings. The van der Waals surface area contributed by atoms with E-state index in [1.165, 1.54) is 179 Å². The third kappa shape index (κ3) is 23.9. The minimum Gasteiger partial charge on any atom is -0.504 e. The Morgan fingerprint density at radius 1 is 0.312 bits per heavy atom. The first-order chi connectivity index (χ1) is 23.5. The highest BCUT2D eigenvalue weighted by molar-refractivity contribution is 5.44. The number of aromatic hydroxyl groups is 4. The molecule has 0 radical (unpaired) electrons. The molecule has 0 heterocycles. The van der Waals surface area contributed by atoms with E-state index in [1.54, 1.807) is 12.1 Å². The minimum atomic E-state index is -0.00260. The molecule has 0 unspecified atom stereocenters. The fourth-order valence-electron chi connectivity index (χ4n) is 6.58. The van der Waals surface area contributed by atoms with E-state index in [1.807, 2.05) is 12.1 Å². The molecule has 0 saturated heterocycles. The summed E-state index contributed by atoms with van der Waals surface area (Å²) in [7, 11) is 0. The molecular formula is C44H76O4. The van der Waals surface area contributed by atoms with Crippen LogP contribution in [0, 0.1) is 0 Å². The molecule has 0 spiro atoms. The van der Waals surface area contributed by atoms with Gasteiger partial charge in [-0.3, -0.25) is 0 Å². The van der Waals surface area contributed by atoms with Crippen LogP contribution in [-0.4, -0.2) is 20.4 Å². The van der Waals surface area contributed by atoms with Crippen molar-refractivity contribution in [3.05, 3.63) is 47.5 Å². The molecule has 0 atom stereocenters. The van der Waals surface area contributed by atoms with Crippen molar-refractivity contribution < 1.29 is 20.4 Å². The second-order valence-corrected chi connectivity index (χ2v) is 14.3. The van der Waals surface area contributed by atoms with Gasteiger partial charge in [0, 0.05) is 0 Å². The normalized spacial score (nSPS) is 11.0. The third-order valence-electron chi connectivity index (χ3n) is 9.80. The number of hydrogen-bond donors (Lipinski definition) is 4. The Hall–Kier alpha value is -2.36. The zero-order valence-corrected chi connectivity index (χ0v) is 31.5. The molecule has 0 aromatic heterocycles. The molecule has 0 amide bonds. The van der Waals surface area contributed by atoms with E-state index < -0.39 is 0 Å². The van der Waals surface area contributed by atoms with E-state index in [0.29, 0.717) is 0 Å². The van der Waals surface area contributed by atoms with Crippen LogP contribution in [0.25, 0.3) is 0 Å². The van der Waals surface area contributed by atoms with Crippen molar-refractivity contribution in [2.45, 2.75) is 206 Å². The Morgan fingerprint density at radius 2 is 0.542 bits per heavy atom. The Kier molecular flexibility index (Phi) is 29.0. The summed E-state index contributed by atoms with van der Waals surface area (Å²) in [4.78, 5) is 0. The number of rotatable bonds is 30. The molecule has 0 aliphatic carbocycles. The summed E-state index contributed by atoms with van der Waals surface area (Å²) in [5, 5.41) is 38.4. The predicted molar refractivity (Wildman–Crippen MR) is 208 cm³/mol. The van der Waals surface area contributed by atoms with Gasteiger partial charge in [0.25, 0.3) is 0 Å². The number of unbranched alkanes of at least 4 members (excludes halogenated alkanes) is 26. The van der Waals surface area contributed by atoms with Crippen LogP contribution >= 0.6 is 0 Å². The van der Waals surface area contributed by atoms with Crippen molar-refractivity contribution >= 4 is 0 Å². The van der Waals surface area contributed by atoms with Gasteiger partial charge in [-0.25, -0.2) is 0 Å². The largest absolute Gasteiger partial charge is 0.504 e. The number of phenolic OH excluding ortho intramolecular Hbond substituents is 4. The van der Waals surface area contributed by atoms with Crippen LogP contribution in [0.3, 0.4) is 0 Å². The molecule has 4 heteroatoms. The molecule has 0 bridgehead atoms. The van der Waals surface area contributed by atoms with Crippen molar-refractivity contribution in [1.82, 2.24) is 0 Å². The Morgan fingerprint density at radius 3 is 0.792 bits per heavy atom. The molecule has 276 valence electrons. The average molecular weight is 669 g/mol. The average Bonchev–Trinajstić information content (AvgIpc) is 3.09. The van der Waals surface area contributed by atoms with Gasteiger partial charge in [0.15, 0.2) is 23.0 Å². The van der Waals surface area contributed by atoms with Gasteiger partial charge < -0.3 is 20.4 Å². The van der Waals surface area contributed by atoms with Gasteiger partial charge in [0.05, 0.1) is 0 Å². The Labute approximate surface area is 296 Å². The second-order valence-electron chi connectivity index (χ2n) is 14.3. The molecular weight excluding hydrogens is 592 g/mol. The van der Waals surface area contributed by atoms with Crippen molar-refractivity contribution in [3.8, 4) is 23.0 Å². The van der Waals surface area contributed by atoms with E-state index in [9.17, 15) is 20.4 Å². The van der Waals surface area contributed by atoms with Crippen molar-refractivity contribution in [3.63, 3.8) is 0 Å². The summed E-state index contributed by atoms with van der Waals surface area (Å²) in [5.41, 5.74) is 1.74. The van der Waals surface area contributed by atoms with Gasteiger partial charge >= 0.3 is 0 Å². The van der Waals surface area contributed by atoms with E-state index in [4.69, 9.17) is 0 Å². The van der Waals surface area contributed by atoms with E-state index >= 15 is 0 Å². The maximum atomic E-state index is 9.76. The first kappa shape index (κ1) is 43.7. The lowest BCUT2D eigenvalue weighted by molar-refractivity contribution is 0.398. The molecule has 4 nitrogen and oxygen atoms in total. The number of para-hydroxylation sites is 2. The summed E-state index contributed by atoms with van der Waals surface area (Å²) >= 11 is 0. The lowest BCUT2D eigenvalue weighted by Gasteiger charge is -2.06. The summed E-state index contributed by atoms with van der Waals surface area (Å²) in [6.07, 6.45) is 39.7. The van der Waals surface area contributed by atoms with Crippen LogP contribution in [0.4, 0.5) is 0 Å². The number of benzene rings is 2. The maximum absolute atomic E-state index is 9.76. The monoisotopic (exact) mass is 669 g/mol. The highest BCUT2D eigenvalue weighted by Gasteiger charge is 2.06. The summed E-state index contributed by atoms with van der Waals surface area (Å²) < 4.78 is 0. The van der Waals surface area contributed by atoms with Crippen LogP contribution in [0.2, 0.25) is 0 Å². The van der Waals surface area contributed by atoms with Gasteiger partial charge in [0.2, 0.25) is 0 Å². The zero-order valence-electron chi connectivity index (χ0n) is 31.5. The van der Waals surface area contributed by atoms with Crippen molar-refractivity contribution in [2.75, 3.05) is 0 Å².